The van der Waals surface area contributed by atoms with Crippen LogP contribution in [0, 0.1) is 12.3 Å². The molecule has 114 valence electrons. The summed E-state index contributed by atoms with van der Waals surface area (Å²) in [6, 6.07) is 7.45. The highest BCUT2D eigenvalue weighted by Gasteiger charge is 2.22. The van der Waals surface area contributed by atoms with E-state index in [1.807, 2.05) is 38.1 Å². The van der Waals surface area contributed by atoms with E-state index in [0.29, 0.717) is 18.8 Å². The number of ether oxygens (including phenoxy) is 3. The molecule has 0 aromatic heterocycles. The summed E-state index contributed by atoms with van der Waals surface area (Å²) < 4.78 is 16.1. The lowest BCUT2D eigenvalue weighted by Gasteiger charge is -2.19. The van der Waals surface area contributed by atoms with Crippen molar-refractivity contribution >= 4 is 5.97 Å². The minimum atomic E-state index is -0.618. The van der Waals surface area contributed by atoms with Crippen LogP contribution in [0.2, 0.25) is 0 Å². The lowest BCUT2D eigenvalue weighted by atomic mass is 10.1. The van der Waals surface area contributed by atoms with Crippen molar-refractivity contribution in [2.45, 2.75) is 39.4 Å². The molecule has 4 nitrogen and oxygen atoms in total. The van der Waals surface area contributed by atoms with Crippen molar-refractivity contribution in [3.8, 4) is 18.1 Å². The third-order valence-electron chi connectivity index (χ3n) is 2.63. The molecule has 0 N–H and O–H groups in total. The van der Waals surface area contributed by atoms with Gasteiger partial charge in [0, 0.05) is 6.42 Å². The minimum Gasteiger partial charge on any atom is -0.481 e. The van der Waals surface area contributed by atoms with Crippen molar-refractivity contribution in [3.63, 3.8) is 0 Å². The smallest absolute Gasteiger partial charge is 0.335 e. The van der Waals surface area contributed by atoms with E-state index in [9.17, 15) is 4.79 Å². The van der Waals surface area contributed by atoms with E-state index in [0.717, 1.165) is 5.56 Å². The normalized spacial score (nSPS) is 11.8. The quantitative estimate of drug-likeness (QED) is 0.545. The predicted molar refractivity (Wildman–Crippen MR) is 81.1 cm³/mol. The molecule has 1 atom stereocenters. The molecule has 1 rings (SSSR count). The first kappa shape index (κ1) is 17.1. The van der Waals surface area contributed by atoms with E-state index in [1.165, 1.54) is 0 Å². The molecule has 0 amide bonds. The number of terminal acetylenes is 1. The Bertz CT molecular complexity index is 488. The fraction of sp³-hybridized carbons (Fsp3) is 0.471. The van der Waals surface area contributed by atoms with Gasteiger partial charge >= 0.3 is 5.97 Å². The Balaban J connectivity index is 2.77. The number of rotatable bonds is 8. The largest absolute Gasteiger partial charge is 0.481 e. The second kappa shape index (κ2) is 9.04. The molecular weight excluding hydrogens is 268 g/mol. The SMILES string of the molecule is C#CCOc1cccc(CC(OC(C)C)C(=O)OCC)c1. The first-order valence-corrected chi connectivity index (χ1v) is 7.04. The molecule has 0 fully saturated rings. The molecule has 0 spiro atoms. The average Bonchev–Trinajstić information content (AvgIpc) is 2.44. The first-order valence-electron chi connectivity index (χ1n) is 7.04. The van der Waals surface area contributed by atoms with Crippen LogP contribution in [0.4, 0.5) is 0 Å². The van der Waals surface area contributed by atoms with Crippen molar-refractivity contribution in [3.05, 3.63) is 29.8 Å². The van der Waals surface area contributed by atoms with E-state index in [-0.39, 0.29) is 18.7 Å². The first-order chi connectivity index (χ1) is 10.1. The molecule has 0 saturated carbocycles. The van der Waals surface area contributed by atoms with Gasteiger partial charge in [0.15, 0.2) is 6.10 Å². The van der Waals surface area contributed by atoms with Gasteiger partial charge in [-0.2, -0.15) is 0 Å². The maximum atomic E-state index is 11.9. The van der Waals surface area contributed by atoms with Gasteiger partial charge in [-0.25, -0.2) is 4.79 Å². The van der Waals surface area contributed by atoms with E-state index in [4.69, 9.17) is 20.6 Å². The van der Waals surface area contributed by atoms with Crippen molar-refractivity contribution in [1.82, 2.24) is 0 Å². The zero-order valence-corrected chi connectivity index (χ0v) is 12.8. The number of esters is 1. The molecule has 0 aliphatic carbocycles. The topological polar surface area (TPSA) is 44.8 Å². The maximum Gasteiger partial charge on any atom is 0.335 e. The number of hydrogen-bond donors (Lipinski definition) is 0. The summed E-state index contributed by atoms with van der Waals surface area (Å²) in [5.41, 5.74) is 0.934. The van der Waals surface area contributed by atoms with Crippen LogP contribution in [-0.4, -0.2) is 31.4 Å². The highest BCUT2D eigenvalue weighted by Crippen LogP contribution is 2.16. The van der Waals surface area contributed by atoms with Crippen LogP contribution < -0.4 is 4.74 Å². The van der Waals surface area contributed by atoms with Crippen LogP contribution in [0.15, 0.2) is 24.3 Å². The Hall–Kier alpha value is -1.99. The van der Waals surface area contributed by atoms with Crippen LogP contribution in [0.1, 0.15) is 26.3 Å². The summed E-state index contributed by atoms with van der Waals surface area (Å²) in [6.45, 7) is 6.10. The Morgan fingerprint density at radius 3 is 2.76 bits per heavy atom. The molecule has 0 saturated heterocycles. The van der Waals surface area contributed by atoms with Gasteiger partial charge in [-0.3, -0.25) is 0 Å². The molecular formula is C17H22O4. The Labute approximate surface area is 126 Å². The van der Waals surface area contributed by atoms with Crippen LogP contribution in [-0.2, 0) is 20.7 Å². The Kier molecular flexibility index (Phi) is 7.34. The van der Waals surface area contributed by atoms with Gasteiger partial charge in [0.2, 0.25) is 0 Å². The lowest BCUT2D eigenvalue weighted by molar-refractivity contribution is -0.159. The summed E-state index contributed by atoms with van der Waals surface area (Å²) in [5.74, 6) is 2.75. The molecule has 1 aromatic rings. The lowest BCUT2D eigenvalue weighted by Crippen LogP contribution is -2.31. The van der Waals surface area contributed by atoms with E-state index in [1.54, 1.807) is 6.92 Å². The van der Waals surface area contributed by atoms with Gasteiger partial charge in [0.1, 0.15) is 12.4 Å². The number of benzene rings is 1. The molecule has 0 radical (unpaired) electrons. The number of hydrogen-bond acceptors (Lipinski definition) is 4. The zero-order chi connectivity index (χ0) is 15.7. The molecule has 0 bridgehead atoms. The standard InChI is InChI=1S/C17H22O4/c1-5-10-20-15-9-7-8-14(11-15)12-16(21-13(3)4)17(18)19-6-2/h1,7-9,11,13,16H,6,10,12H2,2-4H3. The van der Waals surface area contributed by atoms with Gasteiger partial charge in [-0.05, 0) is 38.5 Å². The van der Waals surface area contributed by atoms with E-state index in [2.05, 4.69) is 5.92 Å². The molecule has 0 heterocycles. The monoisotopic (exact) mass is 290 g/mol. The highest BCUT2D eigenvalue weighted by atomic mass is 16.6. The summed E-state index contributed by atoms with van der Waals surface area (Å²) in [7, 11) is 0. The van der Waals surface area contributed by atoms with Crippen LogP contribution in [0.3, 0.4) is 0 Å². The van der Waals surface area contributed by atoms with Crippen LogP contribution in [0.5, 0.6) is 5.75 Å². The van der Waals surface area contributed by atoms with Gasteiger partial charge in [0.25, 0.3) is 0 Å². The maximum absolute atomic E-state index is 11.9. The van der Waals surface area contributed by atoms with Crippen molar-refractivity contribution in [2.75, 3.05) is 13.2 Å². The summed E-state index contributed by atoms with van der Waals surface area (Å²) in [5, 5.41) is 0. The summed E-state index contributed by atoms with van der Waals surface area (Å²) in [6.07, 6.45) is 4.93. The second-order valence-corrected chi connectivity index (χ2v) is 4.77. The highest BCUT2D eigenvalue weighted by molar-refractivity contribution is 5.75. The Morgan fingerprint density at radius 2 is 2.14 bits per heavy atom. The molecule has 4 heteroatoms. The number of carbonyl (C=O) groups is 1. The van der Waals surface area contributed by atoms with E-state index >= 15 is 0 Å². The Morgan fingerprint density at radius 1 is 1.38 bits per heavy atom. The van der Waals surface area contributed by atoms with Gasteiger partial charge in [-0.15, -0.1) is 6.42 Å². The molecule has 1 aromatic carbocycles. The second-order valence-electron chi connectivity index (χ2n) is 4.77. The predicted octanol–water partition coefficient (Wildman–Crippen LogP) is 2.60. The van der Waals surface area contributed by atoms with Crippen molar-refractivity contribution < 1.29 is 19.0 Å². The third-order valence-corrected chi connectivity index (χ3v) is 2.63. The molecule has 0 aliphatic rings. The minimum absolute atomic E-state index is 0.0553. The van der Waals surface area contributed by atoms with Gasteiger partial charge in [-0.1, -0.05) is 18.1 Å². The molecule has 1 unspecified atom stereocenters. The summed E-state index contributed by atoms with van der Waals surface area (Å²) >= 11 is 0. The molecule has 0 aliphatic heterocycles. The summed E-state index contributed by atoms with van der Waals surface area (Å²) in [4.78, 5) is 11.9. The van der Waals surface area contributed by atoms with Gasteiger partial charge < -0.3 is 14.2 Å². The van der Waals surface area contributed by atoms with Crippen molar-refractivity contribution in [2.24, 2.45) is 0 Å². The van der Waals surface area contributed by atoms with Crippen LogP contribution >= 0.6 is 0 Å². The zero-order valence-electron chi connectivity index (χ0n) is 12.8. The molecule has 21 heavy (non-hydrogen) atoms. The average molecular weight is 290 g/mol. The fourth-order valence-corrected chi connectivity index (χ4v) is 1.85. The van der Waals surface area contributed by atoms with Gasteiger partial charge in [0.05, 0.1) is 12.7 Å². The number of carbonyl (C=O) groups excluding carboxylic acids is 1. The fourth-order valence-electron chi connectivity index (χ4n) is 1.85. The van der Waals surface area contributed by atoms with Crippen molar-refractivity contribution in [1.29, 1.82) is 0 Å². The van der Waals surface area contributed by atoms with E-state index < -0.39 is 6.10 Å². The van der Waals surface area contributed by atoms with Crippen LogP contribution in [0.25, 0.3) is 0 Å². The third kappa shape index (κ3) is 6.33.